The topological polar surface area (TPSA) is 94.6 Å². The van der Waals surface area contributed by atoms with Crippen LogP contribution in [-0.4, -0.2) is 29.3 Å². The quantitative estimate of drug-likeness (QED) is 0.604. The number of ether oxygens (including phenoxy) is 3. The maximum Gasteiger partial charge on any atom is 0.340 e. The van der Waals surface area contributed by atoms with Gasteiger partial charge < -0.3 is 24.8 Å². The van der Waals surface area contributed by atoms with Gasteiger partial charge in [0.05, 0.1) is 17.9 Å². The Morgan fingerprint density at radius 2 is 1.79 bits per heavy atom. The van der Waals surface area contributed by atoms with Crippen LogP contribution < -0.4 is 20.1 Å². The van der Waals surface area contributed by atoms with Gasteiger partial charge in [0, 0.05) is 17.8 Å². The summed E-state index contributed by atoms with van der Waals surface area (Å²) < 4.78 is 15.9. The van der Waals surface area contributed by atoms with E-state index in [2.05, 4.69) is 20.6 Å². The molecule has 0 spiro atoms. The van der Waals surface area contributed by atoms with Gasteiger partial charge in [-0.1, -0.05) is 12.1 Å². The molecule has 0 saturated heterocycles. The summed E-state index contributed by atoms with van der Waals surface area (Å²) in [6, 6.07) is 14.5. The second-order valence-corrected chi connectivity index (χ2v) is 6.27. The molecule has 2 N–H and O–H groups in total. The average Bonchev–Trinajstić information content (AvgIpc) is 3.16. The molecule has 0 radical (unpaired) electrons. The molecule has 148 valence electrons. The lowest BCUT2D eigenvalue weighted by Crippen LogP contribution is -2.09. The molecule has 29 heavy (non-hydrogen) atoms. The minimum atomic E-state index is -0.389. The Morgan fingerprint density at radius 1 is 1.03 bits per heavy atom. The lowest BCUT2D eigenvalue weighted by Gasteiger charge is -2.13. The van der Waals surface area contributed by atoms with Gasteiger partial charge in [0.25, 0.3) is 0 Å². The zero-order valence-electron chi connectivity index (χ0n) is 16.1. The predicted molar refractivity (Wildman–Crippen MR) is 108 cm³/mol. The summed E-state index contributed by atoms with van der Waals surface area (Å²) in [5, 5.41) is 6.42. The lowest BCUT2D eigenvalue weighted by molar-refractivity contribution is 0.0527. The molecular weight excluding hydrogens is 372 g/mol. The fourth-order valence-corrected chi connectivity index (χ4v) is 2.93. The Hall–Kier alpha value is -3.81. The van der Waals surface area contributed by atoms with Crippen LogP contribution in [-0.2, 0) is 4.74 Å². The van der Waals surface area contributed by atoms with E-state index >= 15 is 0 Å². The lowest BCUT2D eigenvalue weighted by atomic mass is 10.2. The third kappa shape index (κ3) is 4.21. The van der Waals surface area contributed by atoms with E-state index in [0.717, 1.165) is 5.69 Å². The van der Waals surface area contributed by atoms with E-state index in [-0.39, 0.29) is 12.8 Å². The molecule has 1 aliphatic rings. The van der Waals surface area contributed by atoms with Crippen LogP contribution in [0.2, 0.25) is 0 Å². The van der Waals surface area contributed by atoms with E-state index < -0.39 is 0 Å². The highest BCUT2D eigenvalue weighted by Gasteiger charge is 2.15. The molecule has 0 bridgehead atoms. The van der Waals surface area contributed by atoms with E-state index in [4.69, 9.17) is 14.2 Å². The molecule has 1 aromatic heterocycles. The van der Waals surface area contributed by atoms with Crippen LogP contribution in [0.15, 0.2) is 48.5 Å². The number of hydrogen-bond acceptors (Lipinski definition) is 8. The van der Waals surface area contributed by atoms with Gasteiger partial charge in [-0.15, -0.1) is 0 Å². The van der Waals surface area contributed by atoms with Crippen LogP contribution in [0, 0.1) is 6.92 Å². The number of nitrogens with zero attached hydrogens (tertiary/aromatic N) is 2. The van der Waals surface area contributed by atoms with Crippen molar-refractivity contribution in [3.63, 3.8) is 0 Å². The number of nitrogens with one attached hydrogen (secondary N) is 2. The number of aryl methyl sites for hydroxylation is 1. The highest BCUT2D eigenvalue weighted by Crippen LogP contribution is 2.35. The van der Waals surface area contributed by atoms with E-state index in [1.165, 1.54) is 0 Å². The molecule has 0 amide bonds. The van der Waals surface area contributed by atoms with Crippen molar-refractivity contribution in [3.05, 3.63) is 59.9 Å². The maximum absolute atomic E-state index is 12.2. The second kappa shape index (κ2) is 8.05. The average molecular weight is 392 g/mol. The SMILES string of the molecule is CCOC(=O)c1ccccc1Nc1cc(Nc2ccc3c(c2)OCO3)nc(C)n1. The van der Waals surface area contributed by atoms with Crippen LogP contribution in [0.5, 0.6) is 11.5 Å². The number of rotatable bonds is 6. The van der Waals surface area contributed by atoms with Gasteiger partial charge in [0.2, 0.25) is 6.79 Å². The Labute approximate surface area is 167 Å². The summed E-state index contributed by atoms with van der Waals surface area (Å²) >= 11 is 0. The van der Waals surface area contributed by atoms with Crippen LogP contribution in [0.4, 0.5) is 23.0 Å². The van der Waals surface area contributed by atoms with Gasteiger partial charge in [-0.3, -0.25) is 0 Å². The Kier molecular flexibility index (Phi) is 5.15. The number of esters is 1. The maximum atomic E-state index is 12.2. The van der Waals surface area contributed by atoms with Crippen molar-refractivity contribution in [2.75, 3.05) is 24.0 Å². The van der Waals surface area contributed by atoms with E-state index in [1.54, 1.807) is 38.1 Å². The van der Waals surface area contributed by atoms with Crippen molar-refractivity contribution in [3.8, 4) is 11.5 Å². The first-order valence-electron chi connectivity index (χ1n) is 9.18. The molecule has 0 aliphatic carbocycles. The van der Waals surface area contributed by atoms with Gasteiger partial charge in [0.15, 0.2) is 11.5 Å². The Bertz CT molecular complexity index is 1050. The van der Waals surface area contributed by atoms with Gasteiger partial charge in [-0.2, -0.15) is 0 Å². The van der Waals surface area contributed by atoms with Crippen LogP contribution >= 0.6 is 0 Å². The van der Waals surface area contributed by atoms with Crippen molar-refractivity contribution < 1.29 is 19.0 Å². The number of carbonyl (C=O) groups is 1. The van der Waals surface area contributed by atoms with Gasteiger partial charge in [-0.25, -0.2) is 14.8 Å². The van der Waals surface area contributed by atoms with Crippen molar-refractivity contribution in [1.29, 1.82) is 0 Å². The predicted octanol–water partition coefficient (Wildman–Crippen LogP) is 4.18. The van der Waals surface area contributed by atoms with Crippen molar-refractivity contribution >= 4 is 29.0 Å². The first-order chi connectivity index (χ1) is 14.1. The smallest absolute Gasteiger partial charge is 0.340 e. The number of anilines is 4. The summed E-state index contributed by atoms with van der Waals surface area (Å²) in [4.78, 5) is 21.0. The first kappa shape index (κ1) is 18.5. The van der Waals surface area contributed by atoms with Crippen LogP contribution in [0.1, 0.15) is 23.1 Å². The minimum absolute atomic E-state index is 0.222. The van der Waals surface area contributed by atoms with Crippen molar-refractivity contribution in [1.82, 2.24) is 9.97 Å². The summed E-state index contributed by atoms with van der Waals surface area (Å²) in [7, 11) is 0. The van der Waals surface area contributed by atoms with Gasteiger partial charge in [-0.05, 0) is 38.1 Å². The van der Waals surface area contributed by atoms with E-state index in [0.29, 0.717) is 46.8 Å². The van der Waals surface area contributed by atoms with E-state index in [1.807, 2.05) is 24.3 Å². The molecule has 8 heteroatoms. The first-order valence-corrected chi connectivity index (χ1v) is 9.18. The highest BCUT2D eigenvalue weighted by atomic mass is 16.7. The van der Waals surface area contributed by atoms with Crippen LogP contribution in [0.25, 0.3) is 0 Å². The molecule has 1 aliphatic heterocycles. The normalized spacial score (nSPS) is 11.8. The summed E-state index contributed by atoms with van der Waals surface area (Å²) in [6.07, 6.45) is 0. The van der Waals surface area contributed by atoms with Crippen molar-refractivity contribution in [2.24, 2.45) is 0 Å². The highest BCUT2D eigenvalue weighted by molar-refractivity contribution is 5.96. The fraction of sp³-hybridized carbons (Fsp3) is 0.190. The standard InChI is InChI=1S/C21H20N4O4/c1-3-27-21(26)15-6-4-5-7-16(15)25-20-11-19(22-13(2)23-20)24-14-8-9-17-18(10-14)29-12-28-17/h4-11H,3,12H2,1-2H3,(H2,22,23,24,25). The number of fused-ring (bicyclic) bond motifs is 1. The molecule has 4 rings (SSSR count). The minimum Gasteiger partial charge on any atom is -0.462 e. The monoisotopic (exact) mass is 392 g/mol. The molecule has 0 unspecified atom stereocenters. The third-order valence-corrected chi connectivity index (χ3v) is 4.17. The number of carbonyl (C=O) groups excluding carboxylic acids is 1. The molecular formula is C21H20N4O4. The second-order valence-electron chi connectivity index (χ2n) is 6.27. The van der Waals surface area contributed by atoms with Crippen LogP contribution in [0.3, 0.4) is 0 Å². The third-order valence-electron chi connectivity index (χ3n) is 4.17. The molecule has 8 nitrogen and oxygen atoms in total. The number of aromatic nitrogens is 2. The number of hydrogen-bond donors (Lipinski definition) is 2. The van der Waals surface area contributed by atoms with Gasteiger partial charge in [0.1, 0.15) is 17.5 Å². The summed E-state index contributed by atoms with van der Waals surface area (Å²) in [5.41, 5.74) is 1.86. The number of para-hydroxylation sites is 1. The summed E-state index contributed by atoms with van der Waals surface area (Å²) in [6.45, 7) is 4.10. The zero-order valence-corrected chi connectivity index (χ0v) is 16.1. The van der Waals surface area contributed by atoms with Crippen molar-refractivity contribution in [2.45, 2.75) is 13.8 Å². The number of benzene rings is 2. The molecule has 2 aromatic carbocycles. The Balaban J connectivity index is 1.57. The Morgan fingerprint density at radius 3 is 2.62 bits per heavy atom. The largest absolute Gasteiger partial charge is 0.462 e. The molecule has 0 saturated carbocycles. The molecule has 2 heterocycles. The summed E-state index contributed by atoms with van der Waals surface area (Å²) in [5.74, 6) is 2.74. The molecule has 0 atom stereocenters. The molecule has 0 fully saturated rings. The van der Waals surface area contributed by atoms with Gasteiger partial charge >= 0.3 is 5.97 Å². The fourth-order valence-electron chi connectivity index (χ4n) is 2.93. The van der Waals surface area contributed by atoms with E-state index in [9.17, 15) is 4.79 Å². The molecule has 3 aromatic rings. The zero-order chi connectivity index (χ0) is 20.2.